The van der Waals surface area contributed by atoms with Crippen molar-refractivity contribution in [3.63, 3.8) is 0 Å². The normalized spacial score (nSPS) is 14.6. The van der Waals surface area contributed by atoms with Crippen LogP contribution in [0.3, 0.4) is 0 Å². The summed E-state index contributed by atoms with van der Waals surface area (Å²) in [6.45, 7) is 10.4. The molecule has 1 fully saturated rings. The molecule has 3 rings (SSSR count). The third kappa shape index (κ3) is 5.47. The van der Waals surface area contributed by atoms with Crippen LogP contribution in [-0.2, 0) is 13.0 Å². The molecule has 1 N–H and O–H groups in total. The Morgan fingerprint density at radius 1 is 1.28 bits per heavy atom. The lowest BCUT2D eigenvalue weighted by Crippen LogP contribution is -2.52. The van der Waals surface area contributed by atoms with Crippen LogP contribution in [0.25, 0.3) is 0 Å². The molecule has 10 heteroatoms. The van der Waals surface area contributed by atoms with Gasteiger partial charge in [0.2, 0.25) is 5.13 Å². The van der Waals surface area contributed by atoms with Crippen molar-refractivity contribution in [2.45, 2.75) is 33.7 Å². The minimum Gasteiger partial charge on any atom is -0.496 e. The molecule has 3 heterocycles. The molecule has 0 radical (unpaired) electrons. The molecule has 29 heavy (non-hydrogen) atoms. The first kappa shape index (κ1) is 23.6. The maximum atomic E-state index is 5.51. The second-order valence-electron chi connectivity index (χ2n) is 6.77. The zero-order valence-electron chi connectivity index (χ0n) is 17.7. The molecule has 2 aromatic rings. The number of ether oxygens (including phenoxy) is 1. The van der Waals surface area contributed by atoms with E-state index < -0.39 is 0 Å². The highest BCUT2D eigenvalue weighted by Crippen LogP contribution is 2.24. The van der Waals surface area contributed by atoms with Gasteiger partial charge in [-0.2, -0.15) is 4.37 Å². The standard InChI is InChI=1S/C19H29N7OS.HI/c1-6-16-23-19(28-24-16)26-9-7-25(8-10-26)18(20-4)22-12-15-14(3)17(27-5)13(2)11-21-15;/h11H,6-10,12H2,1-5H3,(H,20,22);1H. The fraction of sp³-hybridized carbons (Fsp3) is 0.579. The number of anilines is 1. The van der Waals surface area contributed by atoms with Crippen LogP contribution in [0.15, 0.2) is 11.2 Å². The first-order valence-corrected chi connectivity index (χ1v) is 10.4. The van der Waals surface area contributed by atoms with E-state index in [2.05, 4.69) is 41.4 Å². The fourth-order valence-electron chi connectivity index (χ4n) is 3.37. The number of nitrogens with zero attached hydrogens (tertiary/aromatic N) is 6. The van der Waals surface area contributed by atoms with Crippen LogP contribution in [0.4, 0.5) is 5.13 Å². The van der Waals surface area contributed by atoms with E-state index in [9.17, 15) is 0 Å². The second-order valence-corrected chi connectivity index (χ2v) is 7.50. The van der Waals surface area contributed by atoms with Gasteiger partial charge in [-0.3, -0.25) is 9.98 Å². The quantitative estimate of drug-likeness (QED) is 0.361. The Bertz CT molecular complexity index is 834. The van der Waals surface area contributed by atoms with Crippen LogP contribution in [0.5, 0.6) is 5.75 Å². The average molecular weight is 531 g/mol. The van der Waals surface area contributed by atoms with Crippen LogP contribution in [0.1, 0.15) is 29.6 Å². The van der Waals surface area contributed by atoms with Crippen LogP contribution < -0.4 is 15.0 Å². The van der Waals surface area contributed by atoms with Crippen LogP contribution in [0, 0.1) is 13.8 Å². The Morgan fingerprint density at radius 3 is 2.59 bits per heavy atom. The van der Waals surface area contributed by atoms with Crippen molar-refractivity contribution >= 4 is 46.6 Å². The number of nitrogens with one attached hydrogen (secondary N) is 1. The molecule has 1 aliphatic heterocycles. The van der Waals surface area contributed by atoms with E-state index in [1.807, 2.05) is 27.1 Å². The molecule has 0 amide bonds. The topological polar surface area (TPSA) is 78.8 Å². The van der Waals surface area contributed by atoms with Crippen molar-refractivity contribution in [2.24, 2.45) is 4.99 Å². The summed E-state index contributed by atoms with van der Waals surface area (Å²) in [7, 11) is 3.52. The highest BCUT2D eigenvalue weighted by Gasteiger charge is 2.22. The zero-order valence-corrected chi connectivity index (χ0v) is 20.9. The maximum absolute atomic E-state index is 5.51. The van der Waals surface area contributed by atoms with Gasteiger partial charge in [0.1, 0.15) is 11.6 Å². The molecule has 1 saturated heterocycles. The Morgan fingerprint density at radius 2 is 2.00 bits per heavy atom. The molecule has 160 valence electrons. The van der Waals surface area contributed by atoms with Crippen molar-refractivity contribution in [1.82, 2.24) is 24.6 Å². The summed E-state index contributed by atoms with van der Waals surface area (Å²) in [6, 6.07) is 0. The highest BCUT2D eigenvalue weighted by molar-refractivity contribution is 14.0. The Labute approximate surface area is 194 Å². The smallest absolute Gasteiger partial charge is 0.205 e. The number of hydrogen-bond donors (Lipinski definition) is 1. The van der Waals surface area contributed by atoms with E-state index in [1.165, 1.54) is 11.5 Å². The van der Waals surface area contributed by atoms with E-state index in [4.69, 9.17) is 4.74 Å². The average Bonchev–Trinajstić information content (AvgIpc) is 3.20. The number of aryl methyl sites for hydroxylation is 2. The van der Waals surface area contributed by atoms with E-state index in [0.29, 0.717) is 6.54 Å². The number of pyridine rings is 1. The van der Waals surface area contributed by atoms with Gasteiger partial charge in [-0.05, 0) is 13.8 Å². The van der Waals surface area contributed by atoms with Gasteiger partial charge in [-0.25, -0.2) is 4.98 Å². The van der Waals surface area contributed by atoms with Crippen molar-refractivity contribution < 1.29 is 4.74 Å². The summed E-state index contributed by atoms with van der Waals surface area (Å²) in [5.41, 5.74) is 3.09. The van der Waals surface area contributed by atoms with E-state index in [0.717, 1.165) is 72.1 Å². The third-order valence-corrected chi connectivity index (χ3v) is 5.81. The second kappa shape index (κ2) is 10.9. The fourth-order valence-corrected chi connectivity index (χ4v) is 4.17. The number of piperazine rings is 1. The summed E-state index contributed by atoms with van der Waals surface area (Å²) in [5, 5.41) is 4.47. The van der Waals surface area contributed by atoms with Crippen molar-refractivity contribution in [3.05, 3.63) is 28.8 Å². The molecule has 0 spiro atoms. The van der Waals surface area contributed by atoms with E-state index in [1.54, 1.807) is 7.11 Å². The van der Waals surface area contributed by atoms with Gasteiger partial charge in [-0.15, -0.1) is 24.0 Å². The maximum Gasteiger partial charge on any atom is 0.205 e. The molecule has 0 atom stereocenters. The van der Waals surface area contributed by atoms with Gasteiger partial charge < -0.3 is 19.9 Å². The molecule has 0 unspecified atom stereocenters. The molecule has 8 nitrogen and oxygen atoms in total. The van der Waals surface area contributed by atoms with Gasteiger partial charge in [0.15, 0.2) is 5.96 Å². The first-order valence-electron chi connectivity index (χ1n) is 9.59. The lowest BCUT2D eigenvalue weighted by Gasteiger charge is -2.36. The lowest BCUT2D eigenvalue weighted by molar-refractivity contribution is 0.371. The molecule has 2 aromatic heterocycles. The molecular formula is C19H30IN7OS. The molecule has 0 aliphatic carbocycles. The van der Waals surface area contributed by atoms with E-state index >= 15 is 0 Å². The predicted molar refractivity (Wildman–Crippen MR) is 129 cm³/mol. The van der Waals surface area contributed by atoms with Crippen molar-refractivity contribution in [2.75, 3.05) is 45.2 Å². The molecule has 1 aliphatic rings. The minimum atomic E-state index is 0. The number of hydrogen-bond acceptors (Lipinski definition) is 7. The van der Waals surface area contributed by atoms with Gasteiger partial charge in [0, 0.05) is 68.5 Å². The minimum absolute atomic E-state index is 0. The van der Waals surface area contributed by atoms with Gasteiger partial charge in [-0.1, -0.05) is 6.92 Å². The molecule has 0 bridgehead atoms. The third-order valence-electron chi connectivity index (χ3n) is 5.00. The summed E-state index contributed by atoms with van der Waals surface area (Å²) >= 11 is 1.49. The lowest BCUT2D eigenvalue weighted by atomic mass is 10.1. The number of aromatic nitrogens is 3. The summed E-state index contributed by atoms with van der Waals surface area (Å²) < 4.78 is 9.90. The summed E-state index contributed by atoms with van der Waals surface area (Å²) in [6.07, 6.45) is 2.74. The van der Waals surface area contributed by atoms with Crippen LogP contribution in [0.2, 0.25) is 0 Å². The highest BCUT2D eigenvalue weighted by atomic mass is 127. The number of halogens is 1. The molecule has 0 saturated carbocycles. The van der Waals surface area contributed by atoms with Crippen LogP contribution in [-0.4, -0.2) is 65.5 Å². The Hall–Kier alpha value is -1.69. The van der Waals surface area contributed by atoms with Gasteiger partial charge in [0.05, 0.1) is 19.3 Å². The van der Waals surface area contributed by atoms with Crippen molar-refractivity contribution in [1.29, 1.82) is 0 Å². The first-order chi connectivity index (χ1) is 13.6. The zero-order chi connectivity index (χ0) is 20.1. The number of guanidine groups is 1. The van der Waals surface area contributed by atoms with Gasteiger partial charge in [0.25, 0.3) is 0 Å². The van der Waals surface area contributed by atoms with Gasteiger partial charge >= 0.3 is 0 Å². The molecule has 0 aromatic carbocycles. The Kier molecular flexibility index (Phi) is 8.87. The number of rotatable bonds is 5. The summed E-state index contributed by atoms with van der Waals surface area (Å²) in [5.74, 6) is 2.72. The largest absolute Gasteiger partial charge is 0.496 e. The van der Waals surface area contributed by atoms with E-state index in [-0.39, 0.29) is 24.0 Å². The predicted octanol–water partition coefficient (Wildman–Crippen LogP) is 2.64. The Balaban J connectivity index is 0.00000300. The van der Waals surface area contributed by atoms with Crippen LogP contribution >= 0.6 is 35.5 Å². The summed E-state index contributed by atoms with van der Waals surface area (Å²) in [4.78, 5) is 18.2. The molecular weight excluding hydrogens is 501 g/mol. The number of aliphatic imine (C=N–C) groups is 1. The van der Waals surface area contributed by atoms with Crippen molar-refractivity contribution in [3.8, 4) is 5.75 Å². The SMILES string of the molecule is CCc1nsc(N2CCN(C(=NC)NCc3ncc(C)c(OC)c3C)CC2)n1.I. The number of methoxy groups -OCH3 is 1. The monoisotopic (exact) mass is 531 g/mol.